The van der Waals surface area contributed by atoms with Gasteiger partial charge < -0.3 is 15.9 Å². The first-order chi connectivity index (χ1) is 7.02. The van der Waals surface area contributed by atoms with Crippen molar-refractivity contribution in [1.29, 1.82) is 0 Å². The van der Waals surface area contributed by atoms with Crippen molar-refractivity contribution in [3.05, 3.63) is 29.8 Å². The standard InChI is InChI=1S/C10H11NO4.ClH/c11-7(10(14)15)5-9(13)6-3-1-2-4-8(6)12;/h1-4,7,12H,5,11H2,(H,14,15);1H. The number of aromatic hydroxyl groups is 1. The molecule has 0 aliphatic rings. The first-order valence-electron chi connectivity index (χ1n) is 4.32. The zero-order valence-electron chi connectivity index (χ0n) is 8.29. The number of aliphatic carboxylic acids is 1. The van der Waals surface area contributed by atoms with Gasteiger partial charge in [-0.05, 0) is 12.1 Å². The maximum absolute atomic E-state index is 11.5. The molecule has 0 aromatic heterocycles. The summed E-state index contributed by atoms with van der Waals surface area (Å²) in [4.78, 5) is 21.9. The number of carboxylic acid groups (broad SMARTS) is 1. The highest BCUT2D eigenvalue weighted by molar-refractivity contribution is 6.00. The Bertz CT molecular complexity index is 394. The summed E-state index contributed by atoms with van der Waals surface area (Å²) in [5.74, 6) is -1.89. The summed E-state index contributed by atoms with van der Waals surface area (Å²) in [6, 6.07) is 4.70. The molecule has 16 heavy (non-hydrogen) atoms. The van der Waals surface area contributed by atoms with Crippen LogP contribution in [0.3, 0.4) is 0 Å². The maximum atomic E-state index is 11.5. The van der Waals surface area contributed by atoms with Gasteiger partial charge in [0.25, 0.3) is 0 Å². The van der Waals surface area contributed by atoms with Crippen LogP contribution in [-0.4, -0.2) is 28.0 Å². The van der Waals surface area contributed by atoms with E-state index in [1.807, 2.05) is 0 Å². The second-order valence-electron chi connectivity index (χ2n) is 3.09. The van der Waals surface area contributed by atoms with Gasteiger partial charge in [0.1, 0.15) is 11.8 Å². The average molecular weight is 246 g/mol. The fourth-order valence-corrected chi connectivity index (χ4v) is 1.11. The molecular weight excluding hydrogens is 234 g/mol. The number of carbonyl (C=O) groups excluding carboxylic acids is 1. The molecule has 0 amide bonds. The molecule has 0 aliphatic carbocycles. The number of ketones is 1. The van der Waals surface area contributed by atoms with Crippen molar-refractivity contribution < 1.29 is 19.8 Å². The lowest BCUT2D eigenvalue weighted by atomic mass is 10.0. The number of rotatable bonds is 4. The van der Waals surface area contributed by atoms with Gasteiger partial charge in [-0.2, -0.15) is 0 Å². The lowest BCUT2D eigenvalue weighted by Crippen LogP contribution is -2.32. The van der Waals surface area contributed by atoms with E-state index in [4.69, 9.17) is 10.8 Å². The van der Waals surface area contributed by atoms with Crippen LogP contribution >= 0.6 is 12.4 Å². The predicted molar refractivity (Wildman–Crippen MR) is 59.9 cm³/mol. The quantitative estimate of drug-likeness (QED) is 0.681. The van der Waals surface area contributed by atoms with Crippen LogP contribution in [0.25, 0.3) is 0 Å². The van der Waals surface area contributed by atoms with E-state index in [0.29, 0.717) is 0 Å². The molecule has 1 unspecified atom stereocenters. The smallest absolute Gasteiger partial charge is 0.320 e. The highest BCUT2D eigenvalue weighted by Crippen LogP contribution is 2.17. The van der Waals surface area contributed by atoms with Crippen LogP contribution in [0.5, 0.6) is 5.75 Å². The van der Waals surface area contributed by atoms with Crippen molar-refractivity contribution in [3.63, 3.8) is 0 Å². The van der Waals surface area contributed by atoms with Gasteiger partial charge in [-0.15, -0.1) is 12.4 Å². The summed E-state index contributed by atoms with van der Waals surface area (Å²) in [6.45, 7) is 0. The van der Waals surface area contributed by atoms with Crippen molar-refractivity contribution in [2.75, 3.05) is 0 Å². The summed E-state index contributed by atoms with van der Waals surface area (Å²) < 4.78 is 0. The van der Waals surface area contributed by atoms with E-state index < -0.39 is 17.8 Å². The molecule has 0 heterocycles. The summed E-state index contributed by atoms with van der Waals surface area (Å²) in [5.41, 5.74) is 5.29. The zero-order chi connectivity index (χ0) is 11.4. The molecule has 1 atom stereocenters. The van der Waals surface area contributed by atoms with E-state index in [-0.39, 0.29) is 30.1 Å². The van der Waals surface area contributed by atoms with Crippen molar-refractivity contribution in [1.82, 2.24) is 0 Å². The Morgan fingerprint density at radius 2 is 1.88 bits per heavy atom. The minimum atomic E-state index is -1.24. The Hall–Kier alpha value is -1.59. The van der Waals surface area contributed by atoms with Crippen LogP contribution in [0.2, 0.25) is 0 Å². The molecule has 0 aliphatic heterocycles. The third kappa shape index (κ3) is 3.52. The lowest BCUT2D eigenvalue weighted by molar-refractivity contribution is -0.138. The molecular formula is C10H12ClNO4. The van der Waals surface area contributed by atoms with Crippen molar-refractivity contribution >= 4 is 24.2 Å². The Balaban J connectivity index is 0.00000225. The second-order valence-corrected chi connectivity index (χ2v) is 3.09. The van der Waals surface area contributed by atoms with Gasteiger partial charge in [-0.1, -0.05) is 12.1 Å². The molecule has 4 N–H and O–H groups in total. The largest absolute Gasteiger partial charge is 0.507 e. The number of benzene rings is 1. The minimum absolute atomic E-state index is 0. The molecule has 0 bridgehead atoms. The highest BCUT2D eigenvalue weighted by Gasteiger charge is 2.19. The first kappa shape index (κ1) is 14.4. The number of hydrogen-bond donors (Lipinski definition) is 3. The summed E-state index contributed by atoms with van der Waals surface area (Å²) in [5, 5.41) is 17.8. The number of Topliss-reactive ketones (excluding diaryl/α,β-unsaturated/α-hetero) is 1. The van der Waals surface area contributed by atoms with Crippen LogP contribution in [-0.2, 0) is 4.79 Å². The molecule has 1 aromatic carbocycles. The number of halogens is 1. The third-order valence-electron chi connectivity index (χ3n) is 1.93. The van der Waals surface area contributed by atoms with Crippen LogP contribution in [0.1, 0.15) is 16.8 Å². The van der Waals surface area contributed by atoms with E-state index in [0.717, 1.165) is 0 Å². The van der Waals surface area contributed by atoms with E-state index in [9.17, 15) is 14.7 Å². The minimum Gasteiger partial charge on any atom is -0.507 e. The fourth-order valence-electron chi connectivity index (χ4n) is 1.11. The molecule has 88 valence electrons. The molecule has 0 saturated carbocycles. The van der Waals surface area contributed by atoms with Gasteiger partial charge >= 0.3 is 5.97 Å². The molecule has 0 saturated heterocycles. The molecule has 1 aromatic rings. The molecule has 0 fully saturated rings. The monoisotopic (exact) mass is 245 g/mol. The Morgan fingerprint density at radius 3 is 2.38 bits per heavy atom. The number of hydrogen-bond acceptors (Lipinski definition) is 4. The van der Waals surface area contributed by atoms with E-state index in [1.165, 1.54) is 12.1 Å². The number of nitrogens with two attached hydrogens (primary N) is 1. The highest BCUT2D eigenvalue weighted by atomic mass is 35.5. The summed E-state index contributed by atoms with van der Waals surface area (Å²) >= 11 is 0. The van der Waals surface area contributed by atoms with Crippen LogP contribution < -0.4 is 5.73 Å². The number of carboxylic acids is 1. The van der Waals surface area contributed by atoms with E-state index >= 15 is 0 Å². The topological polar surface area (TPSA) is 101 Å². The van der Waals surface area contributed by atoms with Gasteiger partial charge in [0.2, 0.25) is 0 Å². The summed E-state index contributed by atoms with van der Waals surface area (Å²) in [7, 11) is 0. The van der Waals surface area contributed by atoms with Gasteiger partial charge in [0, 0.05) is 6.42 Å². The Labute approximate surface area is 98.3 Å². The van der Waals surface area contributed by atoms with Crippen LogP contribution in [0.4, 0.5) is 0 Å². The third-order valence-corrected chi connectivity index (χ3v) is 1.93. The number of phenols is 1. The van der Waals surface area contributed by atoms with Crippen LogP contribution in [0, 0.1) is 0 Å². The van der Waals surface area contributed by atoms with Crippen molar-refractivity contribution in [2.45, 2.75) is 12.5 Å². The van der Waals surface area contributed by atoms with Gasteiger partial charge in [0.05, 0.1) is 5.56 Å². The zero-order valence-corrected chi connectivity index (χ0v) is 9.11. The Kier molecular flexibility index (Phi) is 5.49. The van der Waals surface area contributed by atoms with E-state index in [2.05, 4.69) is 0 Å². The maximum Gasteiger partial charge on any atom is 0.320 e. The lowest BCUT2D eigenvalue weighted by Gasteiger charge is -2.06. The average Bonchev–Trinajstić information content (AvgIpc) is 2.18. The number of phenolic OH excluding ortho intramolecular Hbond substituents is 1. The van der Waals surface area contributed by atoms with Crippen molar-refractivity contribution in [3.8, 4) is 5.75 Å². The van der Waals surface area contributed by atoms with Crippen LogP contribution in [0.15, 0.2) is 24.3 Å². The van der Waals surface area contributed by atoms with Gasteiger partial charge in [0.15, 0.2) is 5.78 Å². The molecule has 5 nitrogen and oxygen atoms in total. The summed E-state index contributed by atoms with van der Waals surface area (Å²) in [6.07, 6.45) is -0.326. The normalized spacial score (nSPS) is 11.3. The second kappa shape index (κ2) is 6.09. The predicted octanol–water partition coefficient (Wildman–Crippen LogP) is 0.799. The molecule has 6 heteroatoms. The first-order valence-corrected chi connectivity index (χ1v) is 4.32. The molecule has 0 spiro atoms. The Morgan fingerprint density at radius 1 is 1.31 bits per heavy atom. The number of para-hydroxylation sites is 1. The fraction of sp³-hybridized carbons (Fsp3) is 0.200. The van der Waals surface area contributed by atoms with E-state index in [1.54, 1.807) is 12.1 Å². The molecule has 0 radical (unpaired) electrons. The van der Waals surface area contributed by atoms with Gasteiger partial charge in [-0.3, -0.25) is 9.59 Å². The number of carbonyl (C=O) groups is 2. The van der Waals surface area contributed by atoms with Crippen molar-refractivity contribution in [2.24, 2.45) is 5.73 Å². The molecule has 1 rings (SSSR count). The van der Waals surface area contributed by atoms with Gasteiger partial charge in [-0.25, -0.2) is 0 Å². The SMILES string of the molecule is Cl.NC(CC(=O)c1ccccc1O)C(=O)O.